The van der Waals surface area contributed by atoms with Crippen LogP contribution in [0.5, 0.6) is 11.5 Å². The summed E-state index contributed by atoms with van der Waals surface area (Å²) >= 11 is 0. The molecule has 1 rings (SSSR count). The summed E-state index contributed by atoms with van der Waals surface area (Å²) < 4.78 is 10.2. The second-order valence-corrected chi connectivity index (χ2v) is 2.96. The highest BCUT2D eigenvalue weighted by atomic mass is 16.5. The Bertz CT molecular complexity index is 389. The molecule has 0 aliphatic rings. The van der Waals surface area contributed by atoms with Gasteiger partial charge in [-0.15, -0.1) is 5.10 Å². The average Bonchev–Trinajstić information content (AvgIpc) is 2.28. The van der Waals surface area contributed by atoms with E-state index in [1.54, 1.807) is 26.5 Å². The zero-order valence-electron chi connectivity index (χ0n) is 9.23. The molecule has 0 heterocycles. The van der Waals surface area contributed by atoms with E-state index < -0.39 is 0 Å². The molecule has 0 amide bonds. The van der Waals surface area contributed by atoms with Gasteiger partial charge in [0.25, 0.3) is 5.96 Å². The van der Waals surface area contributed by atoms with Crippen molar-refractivity contribution >= 4 is 12.2 Å². The molecular weight excluding hydrogens is 208 g/mol. The number of rotatable bonds is 4. The van der Waals surface area contributed by atoms with Crippen molar-refractivity contribution < 1.29 is 14.6 Å². The zero-order valence-corrected chi connectivity index (χ0v) is 9.23. The number of nitrogens with two attached hydrogens (primary N) is 2. The first-order valence-corrected chi connectivity index (χ1v) is 4.56. The van der Waals surface area contributed by atoms with E-state index >= 15 is 0 Å². The first-order valence-electron chi connectivity index (χ1n) is 4.56. The van der Waals surface area contributed by atoms with E-state index in [0.717, 1.165) is 5.56 Å². The van der Waals surface area contributed by atoms with Crippen molar-refractivity contribution in [3.05, 3.63) is 23.8 Å². The standard InChI is InChI=1S/C10H14N4O2/c1-15-8-3-7(4-9(5-8)16-2)6-13-14-10(11)12/h3-6H,1-2H3,(H4,11,12,14)/p+1/b13-6+. The van der Waals surface area contributed by atoms with E-state index in [-0.39, 0.29) is 5.96 Å². The lowest BCUT2D eigenvalue weighted by Crippen LogP contribution is -2.63. The van der Waals surface area contributed by atoms with E-state index in [9.17, 15) is 0 Å². The van der Waals surface area contributed by atoms with Crippen molar-refractivity contribution in [2.75, 3.05) is 14.2 Å². The van der Waals surface area contributed by atoms with Gasteiger partial charge in [0, 0.05) is 16.7 Å². The van der Waals surface area contributed by atoms with E-state index in [1.165, 1.54) is 0 Å². The Labute approximate surface area is 93.6 Å². The van der Waals surface area contributed by atoms with Crippen LogP contribution in [-0.2, 0) is 0 Å². The number of hydrogen-bond donors (Lipinski definition) is 3. The SMILES string of the molecule is COc1cc(/C=[NH+]/N=C(N)N)cc(OC)c1. The molecule has 0 unspecified atom stereocenters. The molecule has 5 N–H and O–H groups in total. The Kier molecular flexibility index (Phi) is 4.14. The van der Waals surface area contributed by atoms with Crippen molar-refractivity contribution in [2.24, 2.45) is 16.6 Å². The predicted molar refractivity (Wildman–Crippen MR) is 61.5 cm³/mol. The van der Waals surface area contributed by atoms with Crippen LogP contribution >= 0.6 is 0 Å². The van der Waals surface area contributed by atoms with E-state index in [4.69, 9.17) is 20.9 Å². The van der Waals surface area contributed by atoms with Crippen LogP contribution < -0.4 is 26.0 Å². The van der Waals surface area contributed by atoms with Gasteiger partial charge in [-0.3, -0.25) is 0 Å². The monoisotopic (exact) mass is 223 g/mol. The fraction of sp³-hybridized carbons (Fsp3) is 0.200. The number of nitrogens with one attached hydrogen (secondary N) is 1. The molecule has 0 bridgehead atoms. The number of hydrazone groups is 1. The average molecular weight is 223 g/mol. The molecule has 0 saturated carbocycles. The molecule has 0 fully saturated rings. The lowest BCUT2D eigenvalue weighted by Gasteiger charge is -2.03. The minimum Gasteiger partial charge on any atom is -0.497 e. The van der Waals surface area contributed by atoms with Crippen molar-refractivity contribution in [1.82, 2.24) is 0 Å². The van der Waals surface area contributed by atoms with Gasteiger partial charge >= 0.3 is 0 Å². The van der Waals surface area contributed by atoms with E-state index in [1.807, 2.05) is 12.1 Å². The Hall–Kier alpha value is -2.24. The van der Waals surface area contributed by atoms with Crippen LogP contribution in [0.25, 0.3) is 0 Å². The summed E-state index contributed by atoms with van der Waals surface area (Å²) in [5, 5.41) is 6.22. The van der Waals surface area contributed by atoms with Crippen molar-refractivity contribution in [1.29, 1.82) is 0 Å². The normalized spacial score (nSPS) is 10.1. The van der Waals surface area contributed by atoms with Gasteiger partial charge in [-0.1, -0.05) is 0 Å². The van der Waals surface area contributed by atoms with E-state index in [2.05, 4.69) is 10.2 Å². The molecule has 0 radical (unpaired) electrons. The van der Waals surface area contributed by atoms with Crippen molar-refractivity contribution in [3.8, 4) is 11.5 Å². The lowest BCUT2D eigenvalue weighted by atomic mass is 10.2. The quantitative estimate of drug-likeness (QED) is 0.325. The Balaban J connectivity index is 2.95. The maximum Gasteiger partial charge on any atom is 0.256 e. The molecule has 6 heteroatoms. The van der Waals surface area contributed by atoms with Gasteiger partial charge in [-0.25, -0.2) is 0 Å². The van der Waals surface area contributed by atoms with Crippen LogP contribution in [-0.4, -0.2) is 26.4 Å². The molecule has 6 nitrogen and oxygen atoms in total. The highest BCUT2D eigenvalue weighted by Crippen LogP contribution is 2.20. The molecule has 86 valence electrons. The third-order valence-electron chi connectivity index (χ3n) is 1.80. The molecular formula is C10H15N4O2+. The zero-order chi connectivity index (χ0) is 12.0. The third-order valence-corrected chi connectivity index (χ3v) is 1.80. The number of nitrogens with zero attached hydrogens (tertiary/aromatic N) is 1. The molecule has 16 heavy (non-hydrogen) atoms. The highest BCUT2D eigenvalue weighted by molar-refractivity contribution is 5.78. The van der Waals surface area contributed by atoms with Gasteiger partial charge in [0.15, 0.2) is 0 Å². The maximum absolute atomic E-state index is 5.16. The minimum absolute atomic E-state index is 0.0360. The fourth-order valence-corrected chi connectivity index (χ4v) is 1.09. The molecule has 0 aromatic heterocycles. The largest absolute Gasteiger partial charge is 0.497 e. The Morgan fingerprint density at radius 1 is 1.19 bits per heavy atom. The highest BCUT2D eigenvalue weighted by Gasteiger charge is 2.01. The Morgan fingerprint density at radius 3 is 2.19 bits per heavy atom. The summed E-state index contributed by atoms with van der Waals surface area (Å²) in [6.07, 6.45) is 1.63. The topological polar surface area (TPSA) is 96.8 Å². The van der Waals surface area contributed by atoms with Crippen molar-refractivity contribution in [2.45, 2.75) is 0 Å². The van der Waals surface area contributed by atoms with Crippen LogP contribution in [0.1, 0.15) is 5.56 Å². The molecule has 0 spiro atoms. The number of methoxy groups -OCH3 is 2. The van der Waals surface area contributed by atoms with Crippen LogP contribution in [0.15, 0.2) is 23.3 Å². The predicted octanol–water partition coefficient (Wildman–Crippen LogP) is -1.61. The van der Waals surface area contributed by atoms with Crippen molar-refractivity contribution in [3.63, 3.8) is 0 Å². The van der Waals surface area contributed by atoms with Gasteiger partial charge in [0.1, 0.15) is 11.5 Å². The second-order valence-electron chi connectivity index (χ2n) is 2.96. The number of hydrogen-bond acceptors (Lipinski definition) is 3. The van der Waals surface area contributed by atoms with Crippen LogP contribution in [0.3, 0.4) is 0 Å². The first-order chi connectivity index (χ1) is 7.65. The maximum atomic E-state index is 5.16. The molecule has 0 aliphatic carbocycles. The van der Waals surface area contributed by atoms with Crippen LogP contribution in [0.2, 0.25) is 0 Å². The van der Waals surface area contributed by atoms with E-state index in [0.29, 0.717) is 11.5 Å². The molecule has 0 saturated heterocycles. The summed E-state index contributed by atoms with van der Waals surface area (Å²) in [5.41, 5.74) is 11.2. The summed E-state index contributed by atoms with van der Waals surface area (Å²) in [5.74, 6) is 1.35. The number of guanidine groups is 1. The van der Waals surface area contributed by atoms with Gasteiger partial charge < -0.3 is 20.9 Å². The summed E-state index contributed by atoms with van der Waals surface area (Å²) in [6, 6.07) is 5.41. The minimum atomic E-state index is -0.0360. The third kappa shape index (κ3) is 3.49. The van der Waals surface area contributed by atoms with Crippen LogP contribution in [0, 0.1) is 0 Å². The number of benzene rings is 1. The fourth-order valence-electron chi connectivity index (χ4n) is 1.09. The molecule has 0 aliphatic heterocycles. The van der Waals surface area contributed by atoms with Gasteiger partial charge in [0.05, 0.1) is 14.2 Å². The summed E-state index contributed by atoms with van der Waals surface area (Å²) in [4.78, 5) is 0. The first kappa shape index (κ1) is 11.8. The molecule has 0 atom stereocenters. The lowest BCUT2D eigenvalue weighted by molar-refractivity contribution is -0.456. The summed E-state index contributed by atoms with van der Waals surface area (Å²) in [7, 11) is 3.17. The molecule has 1 aromatic carbocycles. The van der Waals surface area contributed by atoms with Gasteiger partial charge in [-0.2, -0.15) is 0 Å². The van der Waals surface area contributed by atoms with Crippen LogP contribution in [0.4, 0.5) is 0 Å². The molecule has 1 aromatic rings. The summed E-state index contributed by atoms with van der Waals surface area (Å²) in [6.45, 7) is 0. The number of ether oxygens (including phenoxy) is 2. The van der Waals surface area contributed by atoms with Gasteiger partial charge in [0.2, 0.25) is 6.21 Å². The Morgan fingerprint density at radius 2 is 1.75 bits per heavy atom. The van der Waals surface area contributed by atoms with Gasteiger partial charge in [-0.05, 0) is 12.1 Å². The second kappa shape index (κ2) is 5.59. The smallest absolute Gasteiger partial charge is 0.256 e.